The molecule has 1 aliphatic rings. The van der Waals surface area contributed by atoms with E-state index in [9.17, 15) is 19.3 Å². The van der Waals surface area contributed by atoms with Gasteiger partial charge in [-0.15, -0.1) is 0 Å². The Hall–Kier alpha value is -1.98. The first-order valence-electron chi connectivity index (χ1n) is 6.17. The van der Waals surface area contributed by atoms with Gasteiger partial charge >= 0.3 is 0 Å². The highest BCUT2D eigenvalue weighted by Crippen LogP contribution is 2.32. The van der Waals surface area contributed by atoms with Gasteiger partial charge in [0.2, 0.25) is 0 Å². The molecule has 102 valence electrons. The number of anilines is 1. The van der Waals surface area contributed by atoms with E-state index in [4.69, 9.17) is 0 Å². The Morgan fingerprint density at radius 1 is 1.37 bits per heavy atom. The number of rotatable bonds is 3. The number of nitrogens with zero attached hydrogens (tertiary/aromatic N) is 2. The second kappa shape index (κ2) is 5.34. The second-order valence-electron chi connectivity index (χ2n) is 4.77. The molecule has 0 saturated heterocycles. The topological polar surface area (TPSA) is 63.4 Å². The maximum Gasteiger partial charge on any atom is 0.295 e. The van der Waals surface area contributed by atoms with Crippen LogP contribution >= 0.6 is 0 Å². The first-order valence-corrected chi connectivity index (χ1v) is 6.17. The fraction of sp³-hybridized carbons (Fsp3) is 0.462. The van der Waals surface area contributed by atoms with Gasteiger partial charge in [0.05, 0.1) is 11.0 Å². The molecule has 0 aliphatic heterocycles. The number of Topliss-reactive ketones (excluding diaryl/α,β-unsaturated/α-hetero) is 1. The molecule has 0 spiro atoms. The van der Waals surface area contributed by atoms with Crippen LogP contribution in [0.5, 0.6) is 0 Å². The number of benzene rings is 1. The fourth-order valence-electron chi connectivity index (χ4n) is 2.45. The van der Waals surface area contributed by atoms with E-state index in [-0.39, 0.29) is 17.5 Å². The third kappa shape index (κ3) is 2.89. The van der Waals surface area contributed by atoms with Crippen LogP contribution in [0, 0.1) is 15.9 Å². The van der Waals surface area contributed by atoms with Gasteiger partial charge in [-0.05, 0) is 25.0 Å². The zero-order chi connectivity index (χ0) is 14.0. The van der Waals surface area contributed by atoms with Crippen LogP contribution in [-0.2, 0) is 4.79 Å². The number of hydrogen-bond acceptors (Lipinski definition) is 4. The summed E-state index contributed by atoms with van der Waals surface area (Å²) >= 11 is 0. The molecule has 6 heteroatoms. The molecule has 2 rings (SSSR count). The van der Waals surface area contributed by atoms with Crippen molar-refractivity contribution in [3.8, 4) is 0 Å². The van der Waals surface area contributed by atoms with E-state index in [1.54, 1.807) is 11.9 Å². The highest BCUT2D eigenvalue weighted by atomic mass is 19.1. The molecule has 0 radical (unpaired) electrons. The van der Waals surface area contributed by atoms with E-state index in [0.717, 1.165) is 6.07 Å². The summed E-state index contributed by atoms with van der Waals surface area (Å²) in [5.41, 5.74) is 0.158. The van der Waals surface area contributed by atoms with Gasteiger partial charge in [-0.25, -0.2) is 4.39 Å². The van der Waals surface area contributed by atoms with E-state index in [2.05, 4.69) is 0 Å². The Kier molecular flexibility index (Phi) is 3.78. The summed E-state index contributed by atoms with van der Waals surface area (Å²) in [5.74, 6) is -0.388. The highest BCUT2D eigenvalue weighted by molar-refractivity contribution is 5.79. The molecule has 19 heavy (non-hydrogen) atoms. The van der Waals surface area contributed by atoms with Crippen LogP contribution < -0.4 is 4.90 Å². The Balaban J connectivity index is 2.25. The van der Waals surface area contributed by atoms with Crippen molar-refractivity contribution < 1.29 is 14.1 Å². The fourth-order valence-corrected chi connectivity index (χ4v) is 2.45. The molecule has 0 N–H and O–H groups in total. The molecule has 1 aliphatic carbocycles. The second-order valence-corrected chi connectivity index (χ2v) is 4.77. The van der Waals surface area contributed by atoms with Gasteiger partial charge in [-0.3, -0.25) is 14.9 Å². The van der Waals surface area contributed by atoms with Crippen LogP contribution in [0.25, 0.3) is 0 Å². The van der Waals surface area contributed by atoms with Crippen LogP contribution in [0.15, 0.2) is 18.2 Å². The molecule has 0 unspecified atom stereocenters. The Morgan fingerprint density at radius 2 is 2.00 bits per heavy atom. The maximum atomic E-state index is 13.1. The highest BCUT2D eigenvalue weighted by Gasteiger charge is 2.26. The molecule has 0 aromatic heterocycles. The van der Waals surface area contributed by atoms with Crippen molar-refractivity contribution in [1.29, 1.82) is 0 Å². The normalized spacial score (nSPS) is 16.4. The van der Waals surface area contributed by atoms with Gasteiger partial charge in [0, 0.05) is 25.9 Å². The number of halogens is 1. The number of carbonyl (C=O) groups excluding carboxylic acids is 1. The lowest BCUT2D eigenvalue weighted by Crippen LogP contribution is -2.35. The molecule has 0 heterocycles. The van der Waals surface area contributed by atoms with Crippen molar-refractivity contribution in [2.75, 3.05) is 11.9 Å². The molecule has 1 aromatic rings. The predicted octanol–water partition coefficient (Wildman–Crippen LogP) is 2.68. The standard InChI is InChI=1S/C13H15FN2O3/c1-15(10-3-5-11(17)6-4-10)12-7-2-9(14)8-13(12)16(18)19/h2,7-8,10H,3-6H2,1H3. The lowest BCUT2D eigenvalue weighted by atomic mass is 9.93. The predicted molar refractivity (Wildman–Crippen MR) is 68.7 cm³/mol. The quantitative estimate of drug-likeness (QED) is 0.623. The minimum Gasteiger partial charge on any atom is -0.366 e. The van der Waals surface area contributed by atoms with E-state index in [1.165, 1.54) is 12.1 Å². The van der Waals surface area contributed by atoms with Gasteiger partial charge in [0.1, 0.15) is 17.3 Å². The average Bonchev–Trinajstić information content (AvgIpc) is 2.38. The van der Waals surface area contributed by atoms with Gasteiger partial charge in [-0.1, -0.05) is 0 Å². The van der Waals surface area contributed by atoms with E-state index >= 15 is 0 Å². The SMILES string of the molecule is CN(c1ccc(F)cc1[N+](=O)[O-])C1CCC(=O)CC1. The van der Waals surface area contributed by atoms with E-state index < -0.39 is 10.7 Å². The van der Waals surface area contributed by atoms with Crippen molar-refractivity contribution >= 4 is 17.2 Å². The average molecular weight is 266 g/mol. The van der Waals surface area contributed by atoms with E-state index in [1.807, 2.05) is 0 Å². The summed E-state index contributed by atoms with van der Waals surface area (Å²) in [5, 5.41) is 11.0. The van der Waals surface area contributed by atoms with Crippen molar-refractivity contribution in [1.82, 2.24) is 0 Å². The van der Waals surface area contributed by atoms with Gasteiger partial charge in [0.25, 0.3) is 5.69 Å². The Bertz CT molecular complexity index is 509. The minimum atomic E-state index is -0.623. The largest absolute Gasteiger partial charge is 0.366 e. The molecule has 1 fully saturated rings. The molecule has 0 amide bonds. The van der Waals surface area contributed by atoms with Crippen LogP contribution in [0.1, 0.15) is 25.7 Å². The monoisotopic (exact) mass is 266 g/mol. The van der Waals surface area contributed by atoms with Crippen molar-refractivity contribution in [3.63, 3.8) is 0 Å². The van der Waals surface area contributed by atoms with Crippen LogP contribution in [0.3, 0.4) is 0 Å². The molecule has 5 nitrogen and oxygen atoms in total. The molecule has 0 atom stereocenters. The number of hydrogen-bond donors (Lipinski definition) is 0. The van der Waals surface area contributed by atoms with Crippen molar-refractivity contribution in [2.45, 2.75) is 31.7 Å². The molecular weight excluding hydrogens is 251 g/mol. The lowest BCUT2D eigenvalue weighted by Gasteiger charge is -2.32. The zero-order valence-electron chi connectivity index (χ0n) is 10.6. The number of nitro benzene ring substituents is 1. The summed E-state index contributed by atoms with van der Waals surface area (Å²) in [4.78, 5) is 23.4. The smallest absolute Gasteiger partial charge is 0.295 e. The summed E-state index contributed by atoms with van der Waals surface area (Å²) in [6, 6.07) is 3.65. The molecule has 0 bridgehead atoms. The molecular formula is C13H15FN2O3. The summed E-state index contributed by atoms with van der Waals surface area (Å²) in [6.45, 7) is 0. The maximum absolute atomic E-state index is 13.1. The van der Waals surface area contributed by atoms with Crippen molar-refractivity contribution in [3.05, 3.63) is 34.1 Å². The summed E-state index contributed by atoms with van der Waals surface area (Å²) < 4.78 is 13.1. The molecule has 1 saturated carbocycles. The first-order chi connectivity index (χ1) is 8.99. The summed E-state index contributed by atoms with van der Waals surface area (Å²) in [6.07, 6.45) is 2.38. The third-order valence-corrected chi connectivity index (χ3v) is 3.57. The number of ketones is 1. The minimum absolute atomic E-state index is 0.0851. The Morgan fingerprint density at radius 3 is 2.58 bits per heavy atom. The third-order valence-electron chi connectivity index (χ3n) is 3.57. The zero-order valence-corrected chi connectivity index (χ0v) is 10.6. The molecule has 1 aromatic carbocycles. The summed E-state index contributed by atoms with van der Waals surface area (Å²) in [7, 11) is 1.75. The van der Waals surface area contributed by atoms with Gasteiger partial charge < -0.3 is 4.90 Å². The van der Waals surface area contributed by atoms with Crippen molar-refractivity contribution in [2.24, 2.45) is 0 Å². The Labute approximate surface area is 110 Å². The van der Waals surface area contributed by atoms with Crippen LogP contribution in [0.2, 0.25) is 0 Å². The first kappa shape index (κ1) is 13.5. The van der Waals surface area contributed by atoms with E-state index in [0.29, 0.717) is 31.4 Å². The van der Waals surface area contributed by atoms with Gasteiger partial charge in [0.15, 0.2) is 0 Å². The number of carbonyl (C=O) groups is 1. The van der Waals surface area contributed by atoms with Crippen LogP contribution in [0.4, 0.5) is 15.8 Å². The van der Waals surface area contributed by atoms with Gasteiger partial charge in [-0.2, -0.15) is 0 Å². The van der Waals surface area contributed by atoms with Crippen LogP contribution in [-0.4, -0.2) is 23.8 Å². The number of nitro groups is 1. The lowest BCUT2D eigenvalue weighted by molar-refractivity contribution is -0.384.